The maximum atomic E-state index is 6.35. The fraction of sp³-hybridized carbons (Fsp3) is 0.500. The van der Waals surface area contributed by atoms with Gasteiger partial charge in [-0.25, -0.2) is 0 Å². The number of benzene rings is 1. The van der Waals surface area contributed by atoms with E-state index >= 15 is 0 Å². The third-order valence-corrected chi connectivity index (χ3v) is 5.42. The van der Waals surface area contributed by atoms with Crippen molar-refractivity contribution in [1.82, 2.24) is 0 Å². The van der Waals surface area contributed by atoms with Crippen LogP contribution in [0.1, 0.15) is 49.4 Å². The minimum Gasteiger partial charge on any atom is -0.323 e. The van der Waals surface area contributed by atoms with Gasteiger partial charge >= 0.3 is 0 Å². The summed E-state index contributed by atoms with van der Waals surface area (Å²) in [4.78, 5) is 1.36. The van der Waals surface area contributed by atoms with E-state index in [0.29, 0.717) is 0 Å². The van der Waals surface area contributed by atoms with Crippen molar-refractivity contribution >= 4 is 21.4 Å². The minimum absolute atomic E-state index is 0.239. The summed E-state index contributed by atoms with van der Waals surface area (Å²) in [5.74, 6) is 0.949. The Balaban J connectivity index is 1.65. The van der Waals surface area contributed by atoms with E-state index in [1.54, 1.807) is 0 Å². The van der Waals surface area contributed by atoms with Crippen LogP contribution < -0.4 is 5.73 Å². The molecule has 1 atom stereocenters. The molecule has 1 aromatic heterocycles. The van der Waals surface area contributed by atoms with Crippen molar-refractivity contribution in [3.05, 3.63) is 35.2 Å². The molecule has 1 heterocycles. The highest BCUT2D eigenvalue weighted by Crippen LogP contribution is 2.34. The van der Waals surface area contributed by atoms with Crippen LogP contribution in [0.3, 0.4) is 0 Å². The molecule has 1 saturated carbocycles. The molecule has 1 aliphatic carbocycles. The lowest BCUT2D eigenvalue weighted by Gasteiger charge is -2.13. The molecule has 0 bridgehead atoms. The predicted octanol–water partition coefficient (Wildman–Crippen LogP) is 4.87. The lowest BCUT2D eigenvalue weighted by atomic mass is 9.98. The number of nitrogens with two attached hydrogens (primary N) is 1. The number of hydrogen-bond acceptors (Lipinski definition) is 2. The van der Waals surface area contributed by atoms with Crippen LogP contribution in [0.4, 0.5) is 0 Å². The molecular weight excluding hydrogens is 238 g/mol. The highest BCUT2D eigenvalue weighted by molar-refractivity contribution is 7.19. The molecule has 0 spiro atoms. The SMILES string of the molecule is NC(CCC1CCCC1)c1cc2ccccc2s1. The summed E-state index contributed by atoms with van der Waals surface area (Å²) in [7, 11) is 0. The Labute approximate surface area is 113 Å². The fourth-order valence-electron chi connectivity index (χ4n) is 3.04. The molecule has 0 amide bonds. The summed E-state index contributed by atoms with van der Waals surface area (Å²) >= 11 is 1.86. The first-order valence-electron chi connectivity index (χ1n) is 7.07. The van der Waals surface area contributed by atoms with Gasteiger partial charge in [0.05, 0.1) is 0 Å². The van der Waals surface area contributed by atoms with Crippen molar-refractivity contribution in [2.45, 2.75) is 44.6 Å². The molecule has 1 aliphatic rings. The number of hydrogen-bond donors (Lipinski definition) is 1. The Morgan fingerprint density at radius 3 is 2.78 bits per heavy atom. The molecule has 1 aromatic carbocycles. The average Bonchev–Trinajstić information content (AvgIpc) is 3.04. The molecule has 2 N–H and O–H groups in total. The molecule has 0 radical (unpaired) electrons. The van der Waals surface area contributed by atoms with Gasteiger partial charge in [0.15, 0.2) is 0 Å². The first-order chi connectivity index (χ1) is 8.83. The lowest BCUT2D eigenvalue weighted by Crippen LogP contribution is -2.10. The van der Waals surface area contributed by atoms with Crippen LogP contribution in [0.5, 0.6) is 0 Å². The van der Waals surface area contributed by atoms with E-state index in [1.165, 1.54) is 47.1 Å². The Hall–Kier alpha value is -0.860. The minimum atomic E-state index is 0.239. The molecule has 2 aromatic rings. The molecule has 1 fully saturated rings. The van der Waals surface area contributed by atoms with Gasteiger partial charge in [0, 0.05) is 15.6 Å². The molecule has 18 heavy (non-hydrogen) atoms. The van der Waals surface area contributed by atoms with Crippen LogP contribution in [0.2, 0.25) is 0 Å². The summed E-state index contributed by atoms with van der Waals surface area (Å²) in [6.07, 6.45) is 8.19. The summed E-state index contributed by atoms with van der Waals surface area (Å²) in [5, 5.41) is 1.34. The van der Waals surface area contributed by atoms with Crippen LogP contribution >= 0.6 is 11.3 Å². The quantitative estimate of drug-likeness (QED) is 0.832. The second-order valence-electron chi connectivity index (χ2n) is 5.52. The van der Waals surface area contributed by atoms with Crippen LogP contribution in [0.25, 0.3) is 10.1 Å². The number of rotatable bonds is 4. The smallest absolute Gasteiger partial charge is 0.0390 e. The molecule has 1 nitrogen and oxygen atoms in total. The zero-order valence-electron chi connectivity index (χ0n) is 10.8. The largest absolute Gasteiger partial charge is 0.323 e. The third kappa shape index (κ3) is 2.60. The van der Waals surface area contributed by atoms with Gasteiger partial charge in [0.25, 0.3) is 0 Å². The van der Waals surface area contributed by atoms with Gasteiger partial charge < -0.3 is 5.73 Å². The zero-order valence-corrected chi connectivity index (χ0v) is 11.6. The predicted molar refractivity (Wildman–Crippen MR) is 79.9 cm³/mol. The molecule has 0 saturated heterocycles. The lowest BCUT2D eigenvalue weighted by molar-refractivity contribution is 0.456. The Kier molecular flexibility index (Phi) is 3.67. The van der Waals surface area contributed by atoms with Crippen molar-refractivity contribution in [2.24, 2.45) is 11.7 Å². The average molecular weight is 259 g/mol. The zero-order chi connectivity index (χ0) is 12.4. The van der Waals surface area contributed by atoms with Crippen molar-refractivity contribution in [2.75, 3.05) is 0 Å². The molecular formula is C16H21NS. The maximum Gasteiger partial charge on any atom is 0.0390 e. The van der Waals surface area contributed by atoms with Gasteiger partial charge in [-0.3, -0.25) is 0 Å². The van der Waals surface area contributed by atoms with E-state index in [2.05, 4.69) is 30.3 Å². The second kappa shape index (κ2) is 5.41. The third-order valence-electron chi connectivity index (χ3n) is 4.17. The normalized spacial score (nSPS) is 18.5. The van der Waals surface area contributed by atoms with E-state index < -0.39 is 0 Å². The van der Waals surface area contributed by atoms with Crippen molar-refractivity contribution in [3.8, 4) is 0 Å². The topological polar surface area (TPSA) is 26.0 Å². The van der Waals surface area contributed by atoms with Crippen molar-refractivity contribution in [1.29, 1.82) is 0 Å². The van der Waals surface area contributed by atoms with Crippen LogP contribution in [0, 0.1) is 5.92 Å². The Morgan fingerprint density at radius 2 is 2.00 bits per heavy atom. The monoisotopic (exact) mass is 259 g/mol. The number of thiophene rings is 1. The molecule has 0 aliphatic heterocycles. The molecule has 96 valence electrons. The Bertz CT molecular complexity index is 478. The first-order valence-corrected chi connectivity index (χ1v) is 7.88. The van der Waals surface area contributed by atoms with E-state index in [4.69, 9.17) is 5.73 Å². The van der Waals surface area contributed by atoms with Gasteiger partial charge in [-0.1, -0.05) is 43.9 Å². The Morgan fingerprint density at radius 1 is 1.22 bits per heavy atom. The standard InChI is InChI=1S/C16H21NS/c17-14(10-9-12-5-1-2-6-12)16-11-13-7-3-4-8-15(13)18-16/h3-4,7-8,11-12,14H,1-2,5-6,9-10,17H2. The molecule has 2 heteroatoms. The van der Waals surface area contributed by atoms with Crippen molar-refractivity contribution < 1.29 is 0 Å². The van der Waals surface area contributed by atoms with Gasteiger partial charge in [0.1, 0.15) is 0 Å². The second-order valence-corrected chi connectivity index (χ2v) is 6.64. The van der Waals surface area contributed by atoms with Crippen LogP contribution in [-0.4, -0.2) is 0 Å². The highest BCUT2D eigenvalue weighted by Gasteiger charge is 2.17. The molecule has 1 unspecified atom stereocenters. The van der Waals surface area contributed by atoms with Gasteiger partial charge in [0.2, 0.25) is 0 Å². The van der Waals surface area contributed by atoms with E-state index in [-0.39, 0.29) is 6.04 Å². The summed E-state index contributed by atoms with van der Waals surface area (Å²) < 4.78 is 1.36. The summed E-state index contributed by atoms with van der Waals surface area (Å²) in [5.41, 5.74) is 6.35. The van der Waals surface area contributed by atoms with E-state index in [0.717, 1.165) is 12.3 Å². The summed E-state index contributed by atoms with van der Waals surface area (Å²) in [6.45, 7) is 0. The number of fused-ring (bicyclic) bond motifs is 1. The highest BCUT2D eigenvalue weighted by atomic mass is 32.1. The van der Waals surface area contributed by atoms with Gasteiger partial charge in [-0.05, 0) is 36.3 Å². The fourth-order valence-corrected chi connectivity index (χ4v) is 4.14. The van der Waals surface area contributed by atoms with Gasteiger partial charge in [-0.15, -0.1) is 11.3 Å². The van der Waals surface area contributed by atoms with Crippen LogP contribution in [-0.2, 0) is 0 Å². The van der Waals surface area contributed by atoms with Crippen molar-refractivity contribution in [3.63, 3.8) is 0 Å². The molecule has 3 rings (SSSR count). The van der Waals surface area contributed by atoms with E-state index in [1.807, 2.05) is 11.3 Å². The maximum absolute atomic E-state index is 6.35. The first kappa shape index (κ1) is 12.2. The summed E-state index contributed by atoms with van der Waals surface area (Å²) in [6, 6.07) is 11.1. The van der Waals surface area contributed by atoms with E-state index in [9.17, 15) is 0 Å². The van der Waals surface area contributed by atoms with Crippen LogP contribution in [0.15, 0.2) is 30.3 Å². The van der Waals surface area contributed by atoms with Gasteiger partial charge in [-0.2, -0.15) is 0 Å².